The highest BCUT2D eigenvalue weighted by Gasteiger charge is 2.16. The van der Waals surface area contributed by atoms with E-state index < -0.39 is 0 Å². The van der Waals surface area contributed by atoms with Gasteiger partial charge in [0.15, 0.2) is 0 Å². The van der Waals surface area contributed by atoms with E-state index in [0.29, 0.717) is 22.7 Å². The smallest absolute Gasteiger partial charge is 0.260 e. The van der Waals surface area contributed by atoms with E-state index in [0.717, 1.165) is 4.47 Å². The number of rotatable bonds is 3. The van der Waals surface area contributed by atoms with Gasteiger partial charge in [0.25, 0.3) is 5.91 Å². The molecule has 1 aromatic carbocycles. The van der Waals surface area contributed by atoms with Crippen LogP contribution in [0, 0.1) is 11.3 Å². The highest BCUT2D eigenvalue weighted by Crippen LogP contribution is 2.24. The molecular weight excluding hydrogens is 324 g/mol. The summed E-state index contributed by atoms with van der Waals surface area (Å²) in [5.41, 5.74) is 0.678. The summed E-state index contributed by atoms with van der Waals surface area (Å²) in [5.74, 6) is 0.425. The fourth-order valence-electron chi connectivity index (χ4n) is 1.70. The number of nitriles is 1. The summed E-state index contributed by atoms with van der Waals surface area (Å²) in [4.78, 5) is 12.3. The van der Waals surface area contributed by atoms with E-state index >= 15 is 0 Å². The zero-order chi connectivity index (χ0) is 14.7. The maximum Gasteiger partial charge on any atom is 0.260 e. The van der Waals surface area contributed by atoms with Crippen molar-refractivity contribution >= 4 is 27.7 Å². The molecule has 0 aliphatic heterocycles. The fourth-order valence-corrected chi connectivity index (χ4v) is 2.04. The Balaban J connectivity index is 2.34. The van der Waals surface area contributed by atoms with Crippen LogP contribution in [0.25, 0.3) is 0 Å². The summed E-state index contributed by atoms with van der Waals surface area (Å²) in [6.07, 6.45) is 1.40. The van der Waals surface area contributed by atoms with Crippen LogP contribution >= 0.6 is 15.9 Å². The van der Waals surface area contributed by atoms with Crippen molar-refractivity contribution in [3.05, 3.63) is 40.0 Å². The molecule has 20 heavy (non-hydrogen) atoms. The summed E-state index contributed by atoms with van der Waals surface area (Å²) in [7, 11) is 3.14. The van der Waals surface area contributed by atoms with Crippen LogP contribution in [0.2, 0.25) is 0 Å². The van der Waals surface area contributed by atoms with Gasteiger partial charge in [-0.3, -0.25) is 9.48 Å². The van der Waals surface area contributed by atoms with Crippen molar-refractivity contribution in [3.63, 3.8) is 0 Å². The molecule has 2 aromatic rings. The van der Waals surface area contributed by atoms with E-state index in [1.165, 1.54) is 18.0 Å². The molecule has 1 heterocycles. The molecule has 0 aliphatic carbocycles. The average Bonchev–Trinajstić information content (AvgIpc) is 2.79. The van der Waals surface area contributed by atoms with Crippen molar-refractivity contribution in [2.75, 3.05) is 12.4 Å². The lowest BCUT2D eigenvalue weighted by Gasteiger charge is -2.10. The van der Waals surface area contributed by atoms with E-state index in [9.17, 15) is 4.79 Å². The van der Waals surface area contributed by atoms with Gasteiger partial charge in [0, 0.05) is 11.5 Å². The van der Waals surface area contributed by atoms with E-state index in [-0.39, 0.29) is 5.91 Å². The van der Waals surface area contributed by atoms with Crippen LogP contribution in [0.4, 0.5) is 5.82 Å². The second-order valence-electron chi connectivity index (χ2n) is 3.94. The molecule has 0 saturated carbocycles. The summed E-state index contributed by atoms with van der Waals surface area (Å²) in [5, 5.41) is 15.6. The van der Waals surface area contributed by atoms with Gasteiger partial charge in [0.2, 0.25) is 0 Å². The molecule has 1 amide bonds. The van der Waals surface area contributed by atoms with Gasteiger partial charge in [0.05, 0.1) is 18.9 Å². The number of nitrogens with one attached hydrogen (secondary N) is 1. The number of nitrogens with zero attached hydrogens (tertiary/aromatic N) is 3. The van der Waals surface area contributed by atoms with Gasteiger partial charge in [-0.1, -0.05) is 15.9 Å². The molecule has 1 aromatic heterocycles. The van der Waals surface area contributed by atoms with Crippen LogP contribution in [0.5, 0.6) is 5.75 Å². The molecule has 0 aliphatic rings. The Labute approximate surface area is 124 Å². The second kappa shape index (κ2) is 5.75. The Hall–Kier alpha value is -2.33. The van der Waals surface area contributed by atoms with Crippen molar-refractivity contribution in [2.24, 2.45) is 7.05 Å². The molecule has 0 fully saturated rings. The first-order valence-electron chi connectivity index (χ1n) is 5.63. The van der Waals surface area contributed by atoms with Crippen LogP contribution in [0.3, 0.4) is 0 Å². The third-order valence-electron chi connectivity index (χ3n) is 2.70. The number of amides is 1. The Morgan fingerprint density at radius 2 is 2.30 bits per heavy atom. The van der Waals surface area contributed by atoms with Crippen molar-refractivity contribution in [1.82, 2.24) is 9.78 Å². The third kappa shape index (κ3) is 2.65. The van der Waals surface area contributed by atoms with E-state index in [1.807, 2.05) is 6.07 Å². The maximum atomic E-state index is 12.3. The zero-order valence-corrected chi connectivity index (χ0v) is 12.4. The monoisotopic (exact) mass is 334 g/mol. The van der Waals surface area contributed by atoms with E-state index in [2.05, 4.69) is 26.3 Å². The predicted octanol–water partition coefficient (Wildman–Crippen LogP) is 2.32. The second-order valence-corrected chi connectivity index (χ2v) is 4.86. The summed E-state index contributed by atoms with van der Waals surface area (Å²) in [6.45, 7) is 0. The van der Waals surface area contributed by atoms with Gasteiger partial charge < -0.3 is 10.1 Å². The number of halogens is 1. The topological polar surface area (TPSA) is 79.9 Å². The van der Waals surface area contributed by atoms with E-state index in [1.54, 1.807) is 25.2 Å². The molecule has 2 rings (SSSR count). The first-order chi connectivity index (χ1) is 9.56. The van der Waals surface area contributed by atoms with Gasteiger partial charge in [0.1, 0.15) is 23.2 Å². The Morgan fingerprint density at radius 3 is 2.95 bits per heavy atom. The lowest BCUT2D eigenvalue weighted by atomic mass is 10.2. The van der Waals surface area contributed by atoms with Crippen LogP contribution in [0.15, 0.2) is 28.9 Å². The number of benzene rings is 1. The van der Waals surface area contributed by atoms with Gasteiger partial charge >= 0.3 is 0 Å². The van der Waals surface area contributed by atoms with Crippen molar-refractivity contribution < 1.29 is 9.53 Å². The molecule has 0 radical (unpaired) electrons. The van der Waals surface area contributed by atoms with Gasteiger partial charge in [-0.2, -0.15) is 10.4 Å². The normalized spacial score (nSPS) is 9.90. The number of hydrogen-bond acceptors (Lipinski definition) is 4. The standard InChI is InChI=1S/C13H11BrN4O2/c1-18-12(8(6-15)7-16-18)17-13(19)10-4-3-9(14)5-11(10)20-2/h3-5,7H,1-2H3,(H,17,19). The number of carbonyl (C=O) groups is 1. The number of hydrogen-bond donors (Lipinski definition) is 1. The highest BCUT2D eigenvalue weighted by atomic mass is 79.9. The van der Waals surface area contributed by atoms with Crippen molar-refractivity contribution in [3.8, 4) is 11.8 Å². The lowest BCUT2D eigenvalue weighted by Crippen LogP contribution is -2.16. The lowest BCUT2D eigenvalue weighted by molar-refractivity contribution is 0.102. The highest BCUT2D eigenvalue weighted by molar-refractivity contribution is 9.10. The summed E-state index contributed by atoms with van der Waals surface area (Å²) < 4.78 is 7.42. The maximum absolute atomic E-state index is 12.3. The molecule has 0 bridgehead atoms. The van der Waals surface area contributed by atoms with Crippen LogP contribution in [0.1, 0.15) is 15.9 Å². The zero-order valence-electron chi connectivity index (χ0n) is 10.8. The van der Waals surface area contributed by atoms with Crippen LogP contribution < -0.4 is 10.1 Å². The Kier molecular flexibility index (Phi) is 4.05. The minimum atomic E-state index is -0.366. The third-order valence-corrected chi connectivity index (χ3v) is 3.19. The molecule has 102 valence electrons. The molecule has 0 atom stereocenters. The summed E-state index contributed by atoms with van der Waals surface area (Å²) in [6, 6.07) is 7.05. The van der Waals surface area contributed by atoms with Gasteiger partial charge in [-0.25, -0.2) is 0 Å². The fraction of sp³-hybridized carbons (Fsp3) is 0.154. The minimum Gasteiger partial charge on any atom is -0.496 e. The molecule has 7 heteroatoms. The molecule has 0 spiro atoms. The number of ether oxygens (including phenoxy) is 1. The van der Waals surface area contributed by atoms with Gasteiger partial charge in [-0.15, -0.1) is 0 Å². The first-order valence-corrected chi connectivity index (χ1v) is 6.43. The summed E-state index contributed by atoms with van der Waals surface area (Å²) >= 11 is 3.31. The number of aromatic nitrogens is 2. The number of aryl methyl sites for hydroxylation is 1. The largest absolute Gasteiger partial charge is 0.496 e. The number of carbonyl (C=O) groups excluding carboxylic acids is 1. The average molecular weight is 335 g/mol. The van der Waals surface area contributed by atoms with Crippen LogP contribution in [-0.4, -0.2) is 22.8 Å². The predicted molar refractivity (Wildman–Crippen MR) is 76.6 cm³/mol. The number of anilines is 1. The van der Waals surface area contributed by atoms with E-state index in [4.69, 9.17) is 10.00 Å². The molecule has 6 nitrogen and oxygen atoms in total. The molecule has 0 unspecified atom stereocenters. The quantitative estimate of drug-likeness (QED) is 0.933. The molecular formula is C13H11BrN4O2. The first kappa shape index (κ1) is 14.1. The minimum absolute atomic E-state index is 0.303. The molecule has 0 saturated heterocycles. The SMILES string of the molecule is COc1cc(Br)ccc1C(=O)Nc1c(C#N)cnn1C. The van der Waals surface area contributed by atoms with Crippen molar-refractivity contribution in [2.45, 2.75) is 0 Å². The van der Waals surface area contributed by atoms with Gasteiger partial charge in [-0.05, 0) is 18.2 Å². The van der Waals surface area contributed by atoms with Crippen LogP contribution in [-0.2, 0) is 7.05 Å². The number of methoxy groups -OCH3 is 1. The Bertz CT molecular complexity index is 703. The van der Waals surface area contributed by atoms with Crippen molar-refractivity contribution in [1.29, 1.82) is 5.26 Å². The Morgan fingerprint density at radius 1 is 1.55 bits per heavy atom. The molecule has 1 N–H and O–H groups in total.